The van der Waals surface area contributed by atoms with Crippen LogP contribution < -0.4 is 10.1 Å². The Hall–Kier alpha value is -3.80. The van der Waals surface area contributed by atoms with Crippen molar-refractivity contribution in [2.24, 2.45) is 0 Å². The lowest BCUT2D eigenvalue weighted by molar-refractivity contribution is 0.406. The van der Waals surface area contributed by atoms with Crippen molar-refractivity contribution in [3.63, 3.8) is 0 Å². The van der Waals surface area contributed by atoms with Crippen LogP contribution in [0.15, 0.2) is 67.0 Å². The standard InChI is InChI=1S/C27H27N5O/c1-33-22-13-14-25-23(18-22)27(32-26(31-25)15-12-20-6-2-4-16-28-20)30-21-10-8-19(9-11-21)24-7-3-5-17-29-24/h2-7,12-19,21H,8-11H2,1H3,(H,30,31,32). The van der Waals surface area contributed by atoms with Crippen LogP contribution >= 0.6 is 0 Å². The molecule has 1 aliphatic rings. The lowest BCUT2D eigenvalue weighted by Crippen LogP contribution is -2.26. The van der Waals surface area contributed by atoms with Crippen molar-refractivity contribution in [3.05, 3.63) is 84.2 Å². The fourth-order valence-corrected chi connectivity index (χ4v) is 4.42. The van der Waals surface area contributed by atoms with Crippen LogP contribution in [-0.2, 0) is 0 Å². The van der Waals surface area contributed by atoms with Gasteiger partial charge in [-0.1, -0.05) is 12.1 Å². The molecule has 1 saturated carbocycles. The molecule has 3 aromatic heterocycles. The van der Waals surface area contributed by atoms with Crippen LogP contribution in [0.1, 0.15) is 48.8 Å². The van der Waals surface area contributed by atoms with E-state index in [0.717, 1.165) is 53.8 Å². The molecule has 1 fully saturated rings. The van der Waals surface area contributed by atoms with Crippen molar-refractivity contribution >= 4 is 28.9 Å². The van der Waals surface area contributed by atoms with Crippen molar-refractivity contribution in [2.45, 2.75) is 37.6 Å². The summed E-state index contributed by atoms with van der Waals surface area (Å²) in [5.74, 6) is 2.83. The highest BCUT2D eigenvalue weighted by molar-refractivity contribution is 5.91. The number of rotatable bonds is 6. The Morgan fingerprint density at radius 2 is 1.70 bits per heavy atom. The second-order valence-electron chi connectivity index (χ2n) is 8.35. The highest BCUT2D eigenvalue weighted by Crippen LogP contribution is 2.34. The zero-order valence-electron chi connectivity index (χ0n) is 18.7. The Morgan fingerprint density at radius 1 is 0.879 bits per heavy atom. The highest BCUT2D eigenvalue weighted by Gasteiger charge is 2.24. The highest BCUT2D eigenvalue weighted by atomic mass is 16.5. The molecule has 0 bridgehead atoms. The number of fused-ring (bicyclic) bond motifs is 1. The Kier molecular flexibility index (Phi) is 6.24. The topological polar surface area (TPSA) is 72.8 Å². The molecule has 0 amide bonds. The molecule has 0 aliphatic heterocycles. The van der Waals surface area contributed by atoms with Gasteiger partial charge < -0.3 is 10.1 Å². The summed E-state index contributed by atoms with van der Waals surface area (Å²) in [6.07, 6.45) is 11.9. The maximum Gasteiger partial charge on any atom is 0.155 e. The van der Waals surface area contributed by atoms with E-state index in [1.54, 1.807) is 13.3 Å². The number of methoxy groups -OCH3 is 1. The van der Waals surface area contributed by atoms with Gasteiger partial charge >= 0.3 is 0 Å². The average molecular weight is 438 g/mol. The summed E-state index contributed by atoms with van der Waals surface area (Å²) in [5, 5.41) is 4.68. The van der Waals surface area contributed by atoms with E-state index in [9.17, 15) is 0 Å². The number of ether oxygens (including phenoxy) is 1. The zero-order valence-corrected chi connectivity index (χ0v) is 18.7. The summed E-state index contributed by atoms with van der Waals surface area (Å²) in [5.41, 5.74) is 2.96. The maximum absolute atomic E-state index is 5.45. The fourth-order valence-electron chi connectivity index (χ4n) is 4.42. The van der Waals surface area contributed by atoms with E-state index in [0.29, 0.717) is 17.8 Å². The first kappa shape index (κ1) is 21.1. The first-order valence-corrected chi connectivity index (χ1v) is 11.4. The van der Waals surface area contributed by atoms with Gasteiger partial charge in [-0.15, -0.1) is 0 Å². The number of nitrogens with zero attached hydrogens (tertiary/aromatic N) is 4. The van der Waals surface area contributed by atoms with E-state index in [1.807, 2.05) is 60.8 Å². The van der Waals surface area contributed by atoms with E-state index in [4.69, 9.17) is 14.7 Å². The van der Waals surface area contributed by atoms with Crippen molar-refractivity contribution in [1.29, 1.82) is 0 Å². The third-order valence-corrected chi connectivity index (χ3v) is 6.19. The molecule has 0 unspecified atom stereocenters. The monoisotopic (exact) mass is 437 g/mol. The molecule has 6 nitrogen and oxygen atoms in total. The second kappa shape index (κ2) is 9.77. The summed E-state index contributed by atoms with van der Waals surface area (Å²) in [4.78, 5) is 18.5. The van der Waals surface area contributed by atoms with Gasteiger partial charge in [0.25, 0.3) is 0 Å². The van der Waals surface area contributed by atoms with Crippen LogP contribution in [0.3, 0.4) is 0 Å². The van der Waals surface area contributed by atoms with Crippen molar-refractivity contribution in [1.82, 2.24) is 19.9 Å². The van der Waals surface area contributed by atoms with E-state index < -0.39 is 0 Å². The average Bonchev–Trinajstić information content (AvgIpc) is 2.89. The lowest BCUT2D eigenvalue weighted by atomic mass is 9.84. The number of anilines is 1. The van der Waals surface area contributed by atoms with Gasteiger partial charge in [0.2, 0.25) is 0 Å². The number of benzene rings is 1. The van der Waals surface area contributed by atoms with Crippen molar-refractivity contribution < 1.29 is 4.74 Å². The lowest BCUT2D eigenvalue weighted by Gasteiger charge is -2.29. The largest absolute Gasteiger partial charge is 0.497 e. The van der Waals surface area contributed by atoms with Crippen LogP contribution in [0.4, 0.5) is 5.82 Å². The molecule has 0 saturated heterocycles. The van der Waals surface area contributed by atoms with Crippen LogP contribution in [0, 0.1) is 0 Å². The minimum absolute atomic E-state index is 0.363. The normalized spacial score (nSPS) is 18.5. The Morgan fingerprint density at radius 3 is 2.42 bits per heavy atom. The maximum atomic E-state index is 5.45. The molecule has 166 valence electrons. The van der Waals surface area contributed by atoms with Crippen LogP contribution in [0.2, 0.25) is 0 Å². The van der Waals surface area contributed by atoms with Gasteiger partial charge in [0.15, 0.2) is 5.82 Å². The molecule has 1 N–H and O–H groups in total. The van der Waals surface area contributed by atoms with Crippen LogP contribution in [-0.4, -0.2) is 33.1 Å². The summed E-state index contributed by atoms with van der Waals surface area (Å²) in [7, 11) is 1.68. The second-order valence-corrected chi connectivity index (χ2v) is 8.35. The summed E-state index contributed by atoms with van der Waals surface area (Å²) < 4.78 is 5.45. The van der Waals surface area contributed by atoms with Gasteiger partial charge in [0.1, 0.15) is 11.6 Å². The molecule has 3 heterocycles. The number of hydrogen-bond donors (Lipinski definition) is 1. The summed E-state index contributed by atoms with van der Waals surface area (Å²) in [6.45, 7) is 0. The number of hydrogen-bond acceptors (Lipinski definition) is 6. The molecule has 0 radical (unpaired) electrons. The number of pyridine rings is 2. The smallest absolute Gasteiger partial charge is 0.155 e. The summed E-state index contributed by atoms with van der Waals surface area (Å²) >= 11 is 0. The van der Waals surface area contributed by atoms with E-state index in [-0.39, 0.29) is 0 Å². The Balaban J connectivity index is 1.39. The van der Waals surface area contributed by atoms with Gasteiger partial charge in [-0.2, -0.15) is 0 Å². The molecule has 1 aromatic carbocycles. The predicted octanol–water partition coefficient (Wildman–Crippen LogP) is 5.74. The quantitative estimate of drug-likeness (QED) is 0.415. The molecule has 5 rings (SSSR count). The minimum atomic E-state index is 0.363. The molecule has 33 heavy (non-hydrogen) atoms. The van der Waals surface area contributed by atoms with Crippen LogP contribution in [0.5, 0.6) is 5.75 Å². The van der Waals surface area contributed by atoms with Crippen molar-refractivity contribution in [3.8, 4) is 5.75 Å². The van der Waals surface area contributed by atoms with E-state index in [2.05, 4.69) is 27.4 Å². The molecule has 4 aromatic rings. The van der Waals surface area contributed by atoms with Gasteiger partial charge in [0, 0.05) is 35.4 Å². The number of aromatic nitrogens is 4. The SMILES string of the molecule is COc1ccc2nc(C=Cc3ccccn3)nc(NC3CCC(c4ccccn4)CC3)c2c1. The first-order valence-electron chi connectivity index (χ1n) is 11.4. The first-order chi connectivity index (χ1) is 16.3. The third kappa shape index (κ3) is 5.00. The third-order valence-electron chi connectivity index (χ3n) is 6.19. The van der Waals surface area contributed by atoms with Gasteiger partial charge in [0.05, 0.1) is 18.3 Å². The van der Waals surface area contributed by atoms with Gasteiger partial charge in [-0.05, 0) is 80.3 Å². The Labute approximate surface area is 193 Å². The summed E-state index contributed by atoms with van der Waals surface area (Å²) in [6, 6.07) is 18.3. The van der Waals surface area contributed by atoms with E-state index >= 15 is 0 Å². The van der Waals surface area contributed by atoms with Gasteiger partial charge in [-0.25, -0.2) is 9.97 Å². The molecule has 6 heteroatoms. The van der Waals surface area contributed by atoms with Crippen LogP contribution in [0.25, 0.3) is 23.1 Å². The van der Waals surface area contributed by atoms with Gasteiger partial charge in [-0.3, -0.25) is 9.97 Å². The van der Waals surface area contributed by atoms with E-state index in [1.165, 1.54) is 5.69 Å². The number of nitrogens with one attached hydrogen (secondary N) is 1. The molecule has 1 aliphatic carbocycles. The Bertz CT molecular complexity index is 1240. The molecular weight excluding hydrogens is 410 g/mol. The zero-order chi connectivity index (χ0) is 22.5. The molecule has 0 atom stereocenters. The minimum Gasteiger partial charge on any atom is -0.497 e. The predicted molar refractivity (Wildman–Crippen MR) is 132 cm³/mol. The molecular formula is C27H27N5O. The van der Waals surface area contributed by atoms with Crippen molar-refractivity contribution in [2.75, 3.05) is 12.4 Å². The fraction of sp³-hybridized carbons (Fsp3) is 0.259. The molecule has 0 spiro atoms.